The standard InChI is InChI=1S/C24H25BN3O2.C3H7N/c1-26-22(29)23(30)27-15-17-8-3-5-11-19(17)21(25)28-24(13-14-24)20-12-6-9-16-7-2-4-10-18(16)20;1-2-4-3-1/h2,4,6-12,28H,3,5,13-15H2,1H3,(H,26,29)(H,27,30);4H,1-3H2. The van der Waals surface area contributed by atoms with Gasteiger partial charge in [-0.15, -0.1) is 0 Å². The van der Waals surface area contributed by atoms with Gasteiger partial charge in [-0.1, -0.05) is 0 Å². The van der Waals surface area contributed by atoms with Crippen LogP contribution in [0.3, 0.4) is 0 Å². The Balaban J connectivity index is 0.000000620. The molecule has 175 valence electrons. The van der Waals surface area contributed by atoms with E-state index in [2.05, 4.69) is 75.9 Å². The average molecular weight is 455 g/mol. The minimum absolute atomic E-state index is 0.167. The Morgan fingerprint density at radius 3 is 2.35 bits per heavy atom. The summed E-state index contributed by atoms with van der Waals surface area (Å²) in [6, 6.07) is 14.8. The number of rotatable bonds is 6. The molecular formula is C27H32BN4O2. The van der Waals surface area contributed by atoms with E-state index < -0.39 is 11.8 Å². The van der Waals surface area contributed by atoms with Crippen molar-refractivity contribution in [2.75, 3.05) is 26.7 Å². The minimum atomic E-state index is -0.653. The molecule has 2 amide bonds. The molecule has 0 bridgehead atoms. The van der Waals surface area contributed by atoms with Crippen molar-refractivity contribution in [3.63, 3.8) is 0 Å². The van der Waals surface area contributed by atoms with Gasteiger partial charge in [0.15, 0.2) is 0 Å². The van der Waals surface area contributed by atoms with E-state index in [0.717, 1.165) is 36.8 Å². The second kappa shape index (κ2) is 10.8. The van der Waals surface area contributed by atoms with Gasteiger partial charge in [0, 0.05) is 0 Å². The van der Waals surface area contributed by atoms with Gasteiger partial charge in [0.25, 0.3) is 0 Å². The first-order chi connectivity index (χ1) is 16.5. The predicted octanol–water partition coefficient (Wildman–Crippen LogP) is 2.21. The topological polar surface area (TPSA) is 82.3 Å². The molecule has 2 aromatic rings. The van der Waals surface area contributed by atoms with Gasteiger partial charge in [0.2, 0.25) is 0 Å². The molecule has 0 aromatic heterocycles. The van der Waals surface area contributed by atoms with E-state index in [4.69, 9.17) is 7.49 Å². The number of fused-ring (bicyclic) bond motifs is 1. The van der Waals surface area contributed by atoms with Crippen molar-refractivity contribution in [3.05, 3.63) is 71.3 Å². The Kier molecular flexibility index (Phi) is 7.63. The molecule has 1 aliphatic heterocycles. The molecule has 1 radical (unpaired) electrons. The van der Waals surface area contributed by atoms with Crippen molar-refractivity contribution in [3.8, 4) is 0 Å². The first kappa shape index (κ1) is 24.0. The normalized spacial score (nSPS) is 17.6. The fourth-order valence-corrected chi connectivity index (χ4v) is 4.28. The van der Waals surface area contributed by atoms with Crippen molar-refractivity contribution in [2.24, 2.45) is 0 Å². The molecule has 2 fully saturated rings. The van der Waals surface area contributed by atoms with Crippen LogP contribution in [0.5, 0.6) is 0 Å². The summed E-state index contributed by atoms with van der Waals surface area (Å²) in [6.07, 6.45) is 9.37. The first-order valence-electron chi connectivity index (χ1n) is 12.0. The summed E-state index contributed by atoms with van der Waals surface area (Å²) >= 11 is 0. The van der Waals surface area contributed by atoms with Crippen molar-refractivity contribution in [1.29, 1.82) is 0 Å². The van der Waals surface area contributed by atoms with Gasteiger partial charge >= 0.3 is 177 Å². The summed E-state index contributed by atoms with van der Waals surface area (Å²) in [6.45, 7) is 2.77. The van der Waals surface area contributed by atoms with E-state index in [1.54, 1.807) is 0 Å². The molecule has 7 heteroatoms. The van der Waals surface area contributed by atoms with Gasteiger partial charge in [-0.3, -0.25) is 0 Å². The van der Waals surface area contributed by atoms with Crippen LogP contribution in [0, 0.1) is 0 Å². The number of hydrogen-bond acceptors (Lipinski definition) is 4. The van der Waals surface area contributed by atoms with Crippen molar-refractivity contribution in [1.82, 2.24) is 21.3 Å². The molecule has 0 atom stereocenters. The Labute approximate surface area is 202 Å². The van der Waals surface area contributed by atoms with Crippen molar-refractivity contribution in [2.45, 2.75) is 37.6 Å². The second-order valence-corrected chi connectivity index (χ2v) is 8.94. The molecule has 2 aromatic carbocycles. The van der Waals surface area contributed by atoms with Crippen LogP contribution in [0.15, 0.2) is 65.8 Å². The van der Waals surface area contributed by atoms with Crippen LogP contribution in [0.1, 0.15) is 37.7 Å². The average Bonchev–Trinajstić information content (AvgIpc) is 3.61. The summed E-state index contributed by atoms with van der Waals surface area (Å²) in [4.78, 5) is 23.3. The summed E-state index contributed by atoms with van der Waals surface area (Å²) < 4.78 is 0. The fourth-order valence-electron chi connectivity index (χ4n) is 4.28. The fraction of sp³-hybridized carbons (Fsp3) is 0.370. The number of hydrogen-bond donors (Lipinski definition) is 4. The molecule has 1 heterocycles. The third-order valence-electron chi connectivity index (χ3n) is 6.55. The predicted molar refractivity (Wildman–Crippen MR) is 139 cm³/mol. The van der Waals surface area contributed by atoms with E-state index in [1.165, 1.54) is 42.9 Å². The number of benzene rings is 2. The molecule has 6 nitrogen and oxygen atoms in total. The maximum atomic E-state index is 11.8. The van der Waals surface area contributed by atoms with Gasteiger partial charge in [-0.05, 0) is 19.5 Å². The van der Waals surface area contributed by atoms with Crippen LogP contribution >= 0.6 is 0 Å². The van der Waals surface area contributed by atoms with Crippen molar-refractivity contribution < 1.29 is 9.59 Å². The molecule has 1 saturated heterocycles. The number of likely N-dealkylation sites (N-methyl/N-ethyl adjacent to an activating group) is 1. The molecule has 5 rings (SSSR count). The van der Waals surface area contributed by atoms with Gasteiger partial charge in [0.05, 0.1) is 0 Å². The number of nitrogens with one attached hydrogen (secondary N) is 4. The van der Waals surface area contributed by atoms with Crippen LogP contribution in [0.4, 0.5) is 0 Å². The number of carbonyl (C=O) groups is 2. The quantitative estimate of drug-likeness (QED) is 0.398. The van der Waals surface area contributed by atoms with E-state index in [9.17, 15) is 9.59 Å². The molecule has 2 aliphatic carbocycles. The molecule has 1 saturated carbocycles. The van der Waals surface area contributed by atoms with E-state index in [0.29, 0.717) is 5.59 Å². The van der Waals surface area contributed by atoms with E-state index in [1.807, 2.05) is 0 Å². The number of amides is 2. The van der Waals surface area contributed by atoms with E-state index >= 15 is 0 Å². The second-order valence-electron chi connectivity index (χ2n) is 8.94. The monoisotopic (exact) mass is 455 g/mol. The molecular weight excluding hydrogens is 423 g/mol. The Morgan fingerprint density at radius 2 is 1.68 bits per heavy atom. The van der Waals surface area contributed by atoms with Gasteiger partial charge in [-0.25, -0.2) is 0 Å². The zero-order chi connectivity index (χ0) is 24.0. The summed E-state index contributed by atoms with van der Waals surface area (Å²) in [5.41, 5.74) is 3.54. The van der Waals surface area contributed by atoms with Gasteiger partial charge < -0.3 is 5.32 Å². The molecule has 3 aliphatic rings. The van der Waals surface area contributed by atoms with Crippen LogP contribution in [-0.4, -0.2) is 51.6 Å². The molecule has 34 heavy (non-hydrogen) atoms. The Hall–Kier alpha value is -3.19. The Morgan fingerprint density at radius 1 is 1.00 bits per heavy atom. The molecule has 0 spiro atoms. The molecule has 4 N–H and O–H groups in total. The zero-order valence-corrected chi connectivity index (χ0v) is 19.7. The van der Waals surface area contributed by atoms with Crippen LogP contribution in [0.2, 0.25) is 0 Å². The van der Waals surface area contributed by atoms with Gasteiger partial charge in [0.1, 0.15) is 0 Å². The van der Waals surface area contributed by atoms with Crippen LogP contribution in [0.25, 0.3) is 10.8 Å². The Bertz CT molecular complexity index is 1140. The third-order valence-corrected chi connectivity index (χ3v) is 6.55. The first-order valence-corrected chi connectivity index (χ1v) is 12.0. The third kappa shape index (κ3) is 5.47. The number of carbonyl (C=O) groups excluding carboxylic acids is 2. The SMILES string of the molecule is C1CNC1.[B]=C(NC1(c2cccc3ccccc23)CC1)C1=CCCC=C1CNC(=O)C(=O)NC. The van der Waals surface area contributed by atoms with Crippen molar-refractivity contribution >= 4 is 35.7 Å². The summed E-state index contributed by atoms with van der Waals surface area (Å²) in [7, 11) is 7.98. The number of allylic oxidation sites excluding steroid dienone is 2. The summed E-state index contributed by atoms with van der Waals surface area (Å²) in [5.74, 6) is -1.30. The zero-order valence-electron chi connectivity index (χ0n) is 19.7. The van der Waals surface area contributed by atoms with Crippen LogP contribution < -0.4 is 21.3 Å². The molecule has 0 unspecified atom stereocenters. The maximum absolute atomic E-state index is 11.8. The van der Waals surface area contributed by atoms with E-state index in [-0.39, 0.29) is 12.1 Å². The van der Waals surface area contributed by atoms with Gasteiger partial charge in [-0.2, -0.15) is 0 Å². The summed E-state index contributed by atoms with van der Waals surface area (Å²) in [5, 5.41) is 14.2. The van der Waals surface area contributed by atoms with Crippen LogP contribution in [-0.2, 0) is 15.1 Å².